The third-order valence-electron chi connectivity index (χ3n) is 4.72. The van der Waals surface area contributed by atoms with Gasteiger partial charge in [-0.15, -0.1) is 10.2 Å². The number of anilines is 1. The minimum Gasteiger partial charge on any atom is -0.342 e. The molecular formula is C22H23F2N5O2S. The number of halogens is 2. The Morgan fingerprint density at radius 3 is 2.62 bits per heavy atom. The molecule has 1 atom stereocenters. The molecular weight excluding hydrogens is 436 g/mol. The second-order valence-corrected chi connectivity index (χ2v) is 8.00. The van der Waals surface area contributed by atoms with Crippen molar-refractivity contribution in [3.05, 3.63) is 71.1 Å². The maximum absolute atomic E-state index is 13.9. The minimum atomic E-state index is -0.607. The van der Waals surface area contributed by atoms with E-state index in [0.29, 0.717) is 23.2 Å². The zero-order valence-corrected chi connectivity index (χ0v) is 18.7. The summed E-state index contributed by atoms with van der Waals surface area (Å²) in [6.07, 6.45) is 0. The Morgan fingerprint density at radius 1 is 1.16 bits per heavy atom. The van der Waals surface area contributed by atoms with Crippen LogP contribution in [0.5, 0.6) is 0 Å². The molecule has 2 aromatic carbocycles. The molecule has 0 unspecified atom stereocenters. The van der Waals surface area contributed by atoms with Gasteiger partial charge in [0.1, 0.15) is 11.6 Å². The zero-order chi connectivity index (χ0) is 23.3. The number of amides is 2. The highest BCUT2D eigenvalue weighted by Gasteiger charge is 2.21. The van der Waals surface area contributed by atoms with Crippen molar-refractivity contribution in [3.63, 3.8) is 0 Å². The lowest BCUT2D eigenvalue weighted by molar-refractivity contribution is -0.113. The summed E-state index contributed by atoms with van der Waals surface area (Å²) in [4.78, 5) is 24.7. The summed E-state index contributed by atoms with van der Waals surface area (Å²) in [6, 6.07) is 9.38. The van der Waals surface area contributed by atoms with Crippen molar-refractivity contribution in [3.8, 4) is 0 Å². The maximum atomic E-state index is 13.9. The van der Waals surface area contributed by atoms with Gasteiger partial charge >= 0.3 is 0 Å². The molecule has 0 radical (unpaired) electrons. The number of nitrogens with one attached hydrogen (secondary N) is 2. The Balaban J connectivity index is 1.65. The fourth-order valence-corrected chi connectivity index (χ4v) is 3.86. The van der Waals surface area contributed by atoms with Gasteiger partial charge in [-0.3, -0.25) is 9.59 Å². The fourth-order valence-electron chi connectivity index (χ4n) is 3.05. The number of hydrogen-bond donors (Lipinski definition) is 2. The molecule has 0 saturated carbocycles. The number of aromatic nitrogens is 3. The van der Waals surface area contributed by atoms with Gasteiger partial charge in [-0.2, -0.15) is 0 Å². The van der Waals surface area contributed by atoms with Crippen LogP contribution in [0, 0.1) is 18.6 Å². The van der Waals surface area contributed by atoms with Gasteiger partial charge in [0.15, 0.2) is 11.0 Å². The van der Waals surface area contributed by atoms with E-state index in [4.69, 9.17) is 0 Å². The molecule has 0 spiro atoms. The van der Waals surface area contributed by atoms with E-state index in [0.717, 1.165) is 5.56 Å². The van der Waals surface area contributed by atoms with Crippen molar-refractivity contribution in [2.45, 2.75) is 38.5 Å². The first-order valence-corrected chi connectivity index (χ1v) is 11.0. The summed E-state index contributed by atoms with van der Waals surface area (Å²) < 4.78 is 29.1. The second-order valence-electron chi connectivity index (χ2n) is 7.06. The molecule has 1 aromatic heterocycles. The first-order valence-electron chi connectivity index (χ1n) is 9.97. The molecule has 3 aromatic rings. The quantitative estimate of drug-likeness (QED) is 0.495. The molecule has 2 N–H and O–H groups in total. The number of carbonyl (C=O) groups excluding carboxylic acids is 2. The van der Waals surface area contributed by atoms with Gasteiger partial charge in [-0.05, 0) is 50.6 Å². The molecule has 1 heterocycles. The molecule has 0 fully saturated rings. The average Bonchev–Trinajstić information content (AvgIpc) is 3.18. The van der Waals surface area contributed by atoms with Crippen molar-refractivity contribution in [1.82, 2.24) is 20.1 Å². The molecule has 0 aliphatic carbocycles. The molecule has 168 valence electrons. The average molecular weight is 460 g/mol. The predicted molar refractivity (Wildman–Crippen MR) is 118 cm³/mol. The normalized spacial score (nSPS) is 11.8. The van der Waals surface area contributed by atoms with Gasteiger partial charge in [0, 0.05) is 12.2 Å². The first kappa shape index (κ1) is 23.4. The van der Waals surface area contributed by atoms with Crippen molar-refractivity contribution in [2.24, 2.45) is 0 Å². The third-order valence-corrected chi connectivity index (χ3v) is 5.69. The second kappa shape index (κ2) is 10.4. The topological polar surface area (TPSA) is 88.9 Å². The summed E-state index contributed by atoms with van der Waals surface area (Å²) in [5, 5.41) is 14.2. The van der Waals surface area contributed by atoms with Crippen LogP contribution in [0.1, 0.15) is 41.6 Å². The van der Waals surface area contributed by atoms with E-state index in [1.807, 2.05) is 6.92 Å². The largest absolute Gasteiger partial charge is 0.342 e. The predicted octanol–water partition coefficient (Wildman–Crippen LogP) is 4.11. The fraction of sp³-hybridized carbons (Fsp3) is 0.273. The SMILES string of the molecule is CCn1c(SCC(=O)Nc2cc(F)ccc2C)nnc1[C@H](C)NC(=O)c1ccccc1F. The number of aryl methyl sites for hydroxylation is 1. The molecule has 0 aliphatic rings. The van der Waals surface area contributed by atoms with E-state index in [-0.39, 0.29) is 17.2 Å². The number of rotatable bonds is 8. The Bertz CT molecular complexity index is 1140. The number of thioether (sulfide) groups is 1. The minimum absolute atomic E-state index is 0.0457. The smallest absolute Gasteiger partial charge is 0.254 e. The molecule has 3 rings (SSSR count). The van der Waals surface area contributed by atoms with Crippen LogP contribution in [-0.2, 0) is 11.3 Å². The zero-order valence-electron chi connectivity index (χ0n) is 17.9. The third kappa shape index (κ3) is 5.50. The van der Waals surface area contributed by atoms with Crippen LogP contribution in [0.2, 0.25) is 0 Å². The Morgan fingerprint density at radius 2 is 1.91 bits per heavy atom. The molecule has 0 bridgehead atoms. The van der Waals surface area contributed by atoms with Gasteiger partial charge in [-0.25, -0.2) is 8.78 Å². The lowest BCUT2D eigenvalue weighted by atomic mass is 10.2. The number of nitrogens with zero attached hydrogens (tertiary/aromatic N) is 3. The molecule has 0 aliphatic heterocycles. The van der Waals surface area contributed by atoms with E-state index in [1.54, 1.807) is 30.5 Å². The lowest BCUT2D eigenvalue weighted by Crippen LogP contribution is -2.29. The van der Waals surface area contributed by atoms with Crippen LogP contribution in [0.4, 0.5) is 14.5 Å². The van der Waals surface area contributed by atoms with Crippen molar-refractivity contribution in [1.29, 1.82) is 0 Å². The van der Waals surface area contributed by atoms with Crippen LogP contribution in [-0.4, -0.2) is 32.3 Å². The van der Waals surface area contributed by atoms with Gasteiger partial charge < -0.3 is 15.2 Å². The monoisotopic (exact) mass is 459 g/mol. The lowest BCUT2D eigenvalue weighted by Gasteiger charge is -2.15. The van der Waals surface area contributed by atoms with Crippen LogP contribution in [0.15, 0.2) is 47.6 Å². The highest BCUT2D eigenvalue weighted by Crippen LogP contribution is 2.22. The van der Waals surface area contributed by atoms with E-state index in [9.17, 15) is 18.4 Å². The van der Waals surface area contributed by atoms with Gasteiger partial charge in [0.2, 0.25) is 5.91 Å². The summed E-state index contributed by atoms with van der Waals surface area (Å²) in [6.45, 7) is 5.90. The maximum Gasteiger partial charge on any atom is 0.254 e. The molecule has 7 nitrogen and oxygen atoms in total. The van der Waals surface area contributed by atoms with E-state index in [1.165, 1.54) is 42.1 Å². The van der Waals surface area contributed by atoms with Gasteiger partial charge in [-0.1, -0.05) is 30.0 Å². The molecule has 2 amide bonds. The first-order chi connectivity index (χ1) is 15.3. The summed E-state index contributed by atoms with van der Waals surface area (Å²) in [7, 11) is 0. The van der Waals surface area contributed by atoms with Crippen molar-refractivity contribution < 1.29 is 18.4 Å². The molecule has 32 heavy (non-hydrogen) atoms. The Hall–Kier alpha value is -3.27. The highest BCUT2D eigenvalue weighted by atomic mass is 32.2. The van der Waals surface area contributed by atoms with E-state index in [2.05, 4.69) is 20.8 Å². The highest BCUT2D eigenvalue weighted by molar-refractivity contribution is 7.99. The number of benzene rings is 2. The van der Waals surface area contributed by atoms with Gasteiger partial charge in [0.25, 0.3) is 5.91 Å². The number of hydrogen-bond acceptors (Lipinski definition) is 5. The molecule has 10 heteroatoms. The van der Waals surface area contributed by atoms with E-state index >= 15 is 0 Å². The Labute approximate surface area is 188 Å². The van der Waals surface area contributed by atoms with Crippen LogP contribution < -0.4 is 10.6 Å². The van der Waals surface area contributed by atoms with E-state index < -0.39 is 23.6 Å². The van der Waals surface area contributed by atoms with Crippen LogP contribution in [0.3, 0.4) is 0 Å². The standard InChI is InChI=1S/C22H23F2N5O2S/c1-4-29-20(14(3)25-21(31)16-7-5-6-8-17(16)24)27-28-22(29)32-12-19(30)26-18-11-15(23)10-9-13(18)2/h5-11,14H,4,12H2,1-3H3,(H,25,31)(H,26,30)/t14-/m0/s1. The summed E-state index contributed by atoms with van der Waals surface area (Å²) >= 11 is 1.18. The van der Waals surface area contributed by atoms with Crippen LogP contribution >= 0.6 is 11.8 Å². The molecule has 0 saturated heterocycles. The van der Waals surface area contributed by atoms with Gasteiger partial charge in [0.05, 0.1) is 17.4 Å². The summed E-state index contributed by atoms with van der Waals surface area (Å²) in [5.74, 6) is -1.37. The van der Waals surface area contributed by atoms with Crippen molar-refractivity contribution >= 4 is 29.3 Å². The Kier molecular flexibility index (Phi) is 7.57. The van der Waals surface area contributed by atoms with Crippen molar-refractivity contribution in [2.75, 3.05) is 11.1 Å². The number of carbonyl (C=O) groups is 2. The summed E-state index contributed by atoms with van der Waals surface area (Å²) in [5.41, 5.74) is 1.11. The van der Waals surface area contributed by atoms with Crippen LogP contribution in [0.25, 0.3) is 0 Å².